The maximum Gasteiger partial charge on any atom is 0.0721 e. The van der Waals surface area contributed by atoms with E-state index in [0.29, 0.717) is 18.1 Å². The first-order chi connectivity index (χ1) is 6.74. The molecule has 1 nitrogen and oxygen atoms in total. The van der Waals surface area contributed by atoms with E-state index in [0.717, 1.165) is 17.3 Å². The molecule has 2 rings (SSSR count). The first-order valence-electron chi connectivity index (χ1n) is 4.74. The number of alkyl halides is 1. The number of ether oxygens (including phenoxy) is 1. The molecule has 0 amide bonds. The van der Waals surface area contributed by atoms with Crippen LogP contribution in [0, 0.1) is 0 Å². The fraction of sp³-hybridized carbons (Fsp3) is 0.455. The van der Waals surface area contributed by atoms with Crippen molar-refractivity contribution in [3.8, 4) is 0 Å². The number of benzene rings is 1. The second kappa shape index (κ2) is 4.65. The average molecular weight is 276 g/mol. The van der Waals surface area contributed by atoms with Gasteiger partial charge >= 0.3 is 0 Å². The fourth-order valence-electron chi connectivity index (χ4n) is 1.48. The number of rotatable bonds is 3. The zero-order valence-corrected chi connectivity index (χ0v) is 10.1. The third-order valence-corrected chi connectivity index (χ3v) is 3.26. The highest BCUT2D eigenvalue weighted by Crippen LogP contribution is 2.28. The number of hydrogen-bond acceptors (Lipinski definition) is 1. The molecule has 76 valence electrons. The molecular weight excluding hydrogens is 263 g/mol. The Labute approximate surface area is 97.5 Å². The first kappa shape index (κ1) is 10.5. The predicted octanol–water partition coefficient (Wildman–Crippen LogP) is 3.74. The van der Waals surface area contributed by atoms with Gasteiger partial charge in [-0.25, -0.2) is 0 Å². The van der Waals surface area contributed by atoms with Gasteiger partial charge in [0.1, 0.15) is 0 Å². The summed E-state index contributed by atoms with van der Waals surface area (Å²) in [4.78, 5) is 0. The zero-order valence-electron chi connectivity index (χ0n) is 7.75. The molecule has 1 aromatic rings. The van der Waals surface area contributed by atoms with E-state index >= 15 is 0 Å². The molecule has 0 aromatic heterocycles. The van der Waals surface area contributed by atoms with Crippen molar-refractivity contribution in [1.82, 2.24) is 0 Å². The Morgan fingerprint density at radius 1 is 1.43 bits per heavy atom. The van der Waals surface area contributed by atoms with Crippen LogP contribution < -0.4 is 0 Å². The summed E-state index contributed by atoms with van der Waals surface area (Å²) < 4.78 is 6.78. The van der Waals surface area contributed by atoms with Crippen LogP contribution in [0.25, 0.3) is 0 Å². The van der Waals surface area contributed by atoms with E-state index in [-0.39, 0.29) is 0 Å². The van der Waals surface area contributed by atoms with E-state index in [2.05, 4.69) is 28.1 Å². The Morgan fingerprint density at radius 3 is 2.86 bits per heavy atom. The average Bonchev–Trinajstić information content (AvgIpc) is 2.11. The van der Waals surface area contributed by atoms with Crippen molar-refractivity contribution in [1.29, 1.82) is 0 Å². The maximum atomic E-state index is 5.86. The Kier molecular flexibility index (Phi) is 3.47. The highest BCUT2D eigenvalue weighted by Gasteiger charge is 2.27. The normalized spacial score (nSPS) is 25.9. The summed E-state index contributed by atoms with van der Waals surface area (Å²) in [5, 5.41) is 0.336. The number of hydrogen-bond donors (Lipinski definition) is 0. The summed E-state index contributed by atoms with van der Waals surface area (Å²) in [7, 11) is 0. The maximum absolute atomic E-state index is 5.86. The van der Waals surface area contributed by atoms with E-state index in [1.165, 1.54) is 5.56 Å². The summed E-state index contributed by atoms with van der Waals surface area (Å²) in [6.45, 7) is 0.688. The summed E-state index contributed by atoms with van der Waals surface area (Å²) in [6.07, 6.45) is 2.36. The summed E-state index contributed by atoms with van der Waals surface area (Å²) in [5.41, 5.74) is 1.21. The third kappa shape index (κ3) is 2.72. The van der Waals surface area contributed by atoms with Crippen LogP contribution in [0.3, 0.4) is 0 Å². The van der Waals surface area contributed by atoms with Gasteiger partial charge in [-0.15, -0.1) is 11.6 Å². The highest BCUT2D eigenvalue weighted by molar-refractivity contribution is 9.10. The molecule has 0 unspecified atom stereocenters. The van der Waals surface area contributed by atoms with E-state index in [1.807, 2.05) is 12.1 Å². The van der Waals surface area contributed by atoms with Crippen molar-refractivity contribution in [3.05, 3.63) is 34.3 Å². The Bertz CT molecular complexity index is 310. The van der Waals surface area contributed by atoms with Crippen molar-refractivity contribution >= 4 is 27.5 Å². The third-order valence-electron chi connectivity index (χ3n) is 2.41. The quantitative estimate of drug-likeness (QED) is 0.764. The van der Waals surface area contributed by atoms with Gasteiger partial charge in [0, 0.05) is 9.85 Å². The molecule has 0 atom stereocenters. The lowest BCUT2D eigenvalue weighted by molar-refractivity contribution is -0.00623. The fourth-order valence-corrected chi connectivity index (χ4v) is 2.32. The molecule has 3 heteroatoms. The Balaban J connectivity index is 1.80. The molecule has 0 radical (unpaired) electrons. The lowest BCUT2D eigenvalue weighted by Gasteiger charge is -2.30. The molecule has 0 saturated heterocycles. The largest absolute Gasteiger partial charge is 0.373 e. The van der Waals surface area contributed by atoms with Crippen molar-refractivity contribution in [2.45, 2.75) is 30.9 Å². The lowest BCUT2D eigenvalue weighted by Crippen LogP contribution is -2.31. The van der Waals surface area contributed by atoms with Crippen LogP contribution in [0.15, 0.2) is 28.7 Å². The summed E-state index contributed by atoms with van der Waals surface area (Å²) in [5.74, 6) is 0. The van der Waals surface area contributed by atoms with E-state index in [4.69, 9.17) is 16.3 Å². The van der Waals surface area contributed by atoms with Crippen molar-refractivity contribution in [2.24, 2.45) is 0 Å². The SMILES string of the molecule is ClC1CC(OCc2cccc(Br)c2)C1. The monoisotopic (exact) mass is 274 g/mol. The summed E-state index contributed by atoms with van der Waals surface area (Å²) in [6, 6.07) is 8.19. The second-order valence-corrected chi connectivity index (χ2v) is 5.16. The van der Waals surface area contributed by atoms with Gasteiger partial charge in [-0.2, -0.15) is 0 Å². The first-order valence-corrected chi connectivity index (χ1v) is 5.97. The van der Waals surface area contributed by atoms with Gasteiger partial charge < -0.3 is 4.74 Å². The minimum Gasteiger partial charge on any atom is -0.373 e. The van der Waals surface area contributed by atoms with Gasteiger partial charge in [-0.3, -0.25) is 0 Å². The predicted molar refractivity (Wildman–Crippen MR) is 61.6 cm³/mol. The molecule has 1 aliphatic rings. The molecule has 0 aliphatic heterocycles. The topological polar surface area (TPSA) is 9.23 Å². The molecule has 14 heavy (non-hydrogen) atoms. The Morgan fingerprint density at radius 2 is 2.21 bits per heavy atom. The van der Waals surface area contributed by atoms with Crippen molar-refractivity contribution in [2.75, 3.05) is 0 Å². The van der Waals surface area contributed by atoms with Crippen molar-refractivity contribution < 1.29 is 4.74 Å². The van der Waals surface area contributed by atoms with Gasteiger partial charge in [-0.1, -0.05) is 28.1 Å². The van der Waals surface area contributed by atoms with E-state index < -0.39 is 0 Å². The van der Waals surface area contributed by atoms with Crippen LogP contribution >= 0.6 is 27.5 Å². The zero-order chi connectivity index (χ0) is 9.97. The molecule has 0 heterocycles. The molecule has 1 aliphatic carbocycles. The van der Waals surface area contributed by atoms with Gasteiger partial charge in [0.2, 0.25) is 0 Å². The number of halogens is 2. The van der Waals surface area contributed by atoms with Crippen LogP contribution in [0.5, 0.6) is 0 Å². The van der Waals surface area contributed by atoms with Crippen LogP contribution in [-0.4, -0.2) is 11.5 Å². The molecule has 0 N–H and O–H groups in total. The van der Waals surface area contributed by atoms with Crippen molar-refractivity contribution in [3.63, 3.8) is 0 Å². The molecule has 0 spiro atoms. The highest BCUT2D eigenvalue weighted by atomic mass is 79.9. The van der Waals surface area contributed by atoms with Crippen LogP contribution in [0.1, 0.15) is 18.4 Å². The Hall–Kier alpha value is -0.0500. The van der Waals surface area contributed by atoms with Gasteiger partial charge in [0.25, 0.3) is 0 Å². The minimum absolute atomic E-state index is 0.336. The summed E-state index contributed by atoms with van der Waals surface area (Å²) >= 11 is 9.30. The van der Waals surface area contributed by atoms with Crippen LogP contribution in [-0.2, 0) is 11.3 Å². The van der Waals surface area contributed by atoms with Crippen LogP contribution in [0.4, 0.5) is 0 Å². The molecular formula is C11H12BrClO. The lowest BCUT2D eigenvalue weighted by atomic mass is 9.95. The van der Waals surface area contributed by atoms with Gasteiger partial charge in [-0.05, 0) is 30.5 Å². The minimum atomic E-state index is 0.336. The molecule has 1 fully saturated rings. The molecule has 1 saturated carbocycles. The van der Waals surface area contributed by atoms with E-state index in [1.54, 1.807) is 0 Å². The standard InChI is InChI=1S/C11H12BrClO/c12-9-3-1-2-8(4-9)7-14-11-5-10(13)6-11/h1-4,10-11H,5-7H2. The van der Waals surface area contributed by atoms with E-state index in [9.17, 15) is 0 Å². The van der Waals surface area contributed by atoms with Gasteiger partial charge in [0.05, 0.1) is 12.7 Å². The smallest absolute Gasteiger partial charge is 0.0721 e. The molecule has 1 aromatic carbocycles. The second-order valence-electron chi connectivity index (χ2n) is 3.63. The molecule has 0 bridgehead atoms. The van der Waals surface area contributed by atoms with Gasteiger partial charge in [0.15, 0.2) is 0 Å². The van der Waals surface area contributed by atoms with Crippen LogP contribution in [0.2, 0.25) is 0 Å².